The third-order valence-electron chi connectivity index (χ3n) is 6.46. The number of anilines is 1. The van der Waals surface area contributed by atoms with Crippen LogP contribution in [0.25, 0.3) is 0 Å². The van der Waals surface area contributed by atoms with E-state index in [1.165, 1.54) is 0 Å². The molecule has 1 atom stereocenters. The molecule has 154 valence electrons. The number of rotatable bonds is 5. The predicted octanol–water partition coefficient (Wildman–Crippen LogP) is 3.73. The van der Waals surface area contributed by atoms with E-state index in [4.69, 9.17) is 9.72 Å². The first-order valence-electron chi connectivity index (χ1n) is 10.5. The Balaban J connectivity index is 1.66. The zero-order valence-corrected chi connectivity index (χ0v) is 17.6. The molecule has 1 saturated carbocycles. The fourth-order valence-electron chi connectivity index (χ4n) is 4.85. The van der Waals surface area contributed by atoms with Gasteiger partial charge in [0.2, 0.25) is 5.91 Å². The first kappa shape index (κ1) is 19.7. The normalized spacial score (nSPS) is 20.7. The van der Waals surface area contributed by atoms with Crippen LogP contribution in [0.4, 0.5) is 5.82 Å². The molecule has 0 radical (unpaired) electrons. The first-order chi connectivity index (χ1) is 14.0. The van der Waals surface area contributed by atoms with Gasteiger partial charge in [-0.05, 0) is 43.4 Å². The maximum atomic E-state index is 14.0. The fraction of sp³-hybridized carbons (Fsp3) is 0.522. The first-order valence-corrected chi connectivity index (χ1v) is 10.5. The smallest absolute Gasteiger partial charge is 0.233 e. The van der Waals surface area contributed by atoms with Gasteiger partial charge in [0.25, 0.3) is 0 Å². The Morgan fingerprint density at radius 1 is 1.14 bits per heavy atom. The SMILES string of the molecule is COc1ccc(C2(C(=O)N3CCCC3c3cncc(N(C)C)n3)CCCC2)cc1. The number of methoxy groups -OCH3 is 1. The molecule has 2 aromatic rings. The molecule has 1 unspecified atom stereocenters. The largest absolute Gasteiger partial charge is 0.497 e. The standard InChI is InChI=1S/C23H30N4O2/c1-26(2)21-16-24-15-19(25-21)20-7-6-14-27(20)22(28)23(12-4-5-13-23)17-8-10-18(29-3)11-9-17/h8-11,15-16,20H,4-7,12-14H2,1-3H3. The van der Waals surface area contributed by atoms with Crippen molar-refractivity contribution in [3.05, 3.63) is 47.9 Å². The summed E-state index contributed by atoms with van der Waals surface area (Å²) in [5.41, 5.74) is 1.58. The van der Waals surface area contributed by atoms with Crippen molar-refractivity contribution in [3.8, 4) is 5.75 Å². The van der Waals surface area contributed by atoms with Crippen molar-refractivity contribution in [2.75, 3.05) is 32.6 Å². The van der Waals surface area contributed by atoms with Crippen LogP contribution in [-0.2, 0) is 10.2 Å². The van der Waals surface area contributed by atoms with Crippen LogP contribution < -0.4 is 9.64 Å². The Kier molecular flexibility index (Phi) is 5.43. The third-order valence-corrected chi connectivity index (χ3v) is 6.46. The zero-order valence-electron chi connectivity index (χ0n) is 17.6. The Morgan fingerprint density at radius 2 is 1.86 bits per heavy atom. The summed E-state index contributed by atoms with van der Waals surface area (Å²) in [6.07, 6.45) is 9.52. The number of amides is 1. The highest BCUT2D eigenvalue weighted by Gasteiger charge is 2.47. The number of ether oxygens (including phenoxy) is 1. The molecule has 2 heterocycles. The number of likely N-dealkylation sites (tertiary alicyclic amines) is 1. The molecule has 0 bridgehead atoms. The molecule has 0 N–H and O–H groups in total. The van der Waals surface area contributed by atoms with Gasteiger partial charge in [-0.25, -0.2) is 4.98 Å². The van der Waals surface area contributed by atoms with Crippen molar-refractivity contribution in [1.29, 1.82) is 0 Å². The van der Waals surface area contributed by atoms with Gasteiger partial charge < -0.3 is 14.5 Å². The van der Waals surface area contributed by atoms with E-state index in [-0.39, 0.29) is 11.9 Å². The molecule has 1 aliphatic heterocycles. The summed E-state index contributed by atoms with van der Waals surface area (Å²) in [5, 5.41) is 0. The van der Waals surface area contributed by atoms with E-state index >= 15 is 0 Å². The van der Waals surface area contributed by atoms with Gasteiger partial charge in [-0.3, -0.25) is 9.78 Å². The van der Waals surface area contributed by atoms with Crippen molar-refractivity contribution in [2.45, 2.75) is 50.0 Å². The van der Waals surface area contributed by atoms with Crippen molar-refractivity contribution < 1.29 is 9.53 Å². The van der Waals surface area contributed by atoms with Crippen molar-refractivity contribution in [3.63, 3.8) is 0 Å². The molecule has 1 aromatic heterocycles. The maximum Gasteiger partial charge on any atom is 0.233 e. The van der Waals surface area contributed by atoms with E-state index in [1.54, 1.807) is 13.3 Å². The van der Waals surface area contributed by atoms with Crippen molar-refractivity contribution >= 4 is 11.7 Å². The number of carbonyl (C=O) groups excluding carboxylic acids is 1. The molecule has 6 nitrogen and oxygen atoms in total. The van der Waals surface area contributed by atoms with Gasteiger partial charge in [0, 0.05) is 20.6 Å². The summed E-state index contributed by atoms with van der Waals surface area (Å²) < 4.78 is 5.32. The molecule has 6 heteroatoms. The average molecular weight is 395 g/mol. The van der Waals surface area contributed by atoms with Crippen LogP contribution in [0.15, 0.2) is 36.7 Å². The van der Waals surface area contributed by atoms with Crippen LogP contribution >= 0.6 is 0 Å². The molecule has 29 heavy (non-hydrogen) atoms. The molecular formula is C23H30N4O2. The second-order valence-electron chi connectivity index (χ2n) is 8.37. The summed E-state index contributed by atoms with van der Waals surface area (Å²) in [4.78, 5) is 27.1. The second kappa shape index (κ2) is 8.01. The number of hydrogen-bond donors (Lipinski definition) is 0. The van der Waals surface area contributed by atoms with E-state index in [2.05, 4.69) is 22.0 Å². The van der Waals surface area contributed by atoms with Crippen LogP contribution in [0.3, 0.4) is 0 Å². The second-order valence-corrected chi connectivity index (χ2v) is 8.37. The lowest BCUT2D eigenvalue weighted by molar-refractivity contribution is -0.138. The van der Waals surface area contributed by atoms with Crippen molar-refractivity contribution in [1.82, 2.24) is 14.9 Å². The molecule has 2 fully saturated rings. The number of hydrogen-bond acceptors (Lipinski definition) is 5. The molecule has 1 aromatic carbocycles. The number of aromatic nitrogens is 2. The zero-order chi connectivity index (χ0) is 20.4. The van der Waals surface area contributed by atoms with E-state index < -0.39 is 5.41 Å². The number of carbonyl (C=O) groups is 1. The number of nitrogens with zero attached hydrogens (tertiary/aromatic N) is 4. The Bertz CT molecular complexity index is 859. The third kappa shape index (κ3) is 3.56. The lowest BCUT2D eigenvalue weighted by Gasteiger charge is -2.36. The molecule has 4 rings (SSSR count). The summed E-state index contributed by atoms with van der Waals surface area (Å²) in [7, 11) is 5.59. The van der Waals surface area contributed by atoms with E-state index in [0.29, 0.717) is 0 Å². The van der Waals surface area contributed by atoms with E-state index in [0.717, 1.165) is 67.9 Å². The molecule has 2 aliphatic rings. The Labute approximate surface area is 172 Å². The van der Waals surface area contributed by atoms with Gasteiger partial charge in [-0.15, -0.1) is 0 Å². The quantitative estimate of drug-likeness (QED) is 0.773. The van der Waals surface area contributed by atoms with Crippen LogP contribution in [0, 0.1) is 0 Å². The van der Waals surface area contributed by atoms with Crippen LogP contribution in [-0.4, -0.2) is 48.5 Å². The Morgan fingerprint density at radius 3 is 2.52 bits per heavy atom. The highest BCUT2D eigenvalue weighted by atomic mass is 16.5. The van der Waals surface area contributed by atoms with Gasteiger partial charge >= 0.3 is 0 Å². The van der Waals surface area contributed by atoms with Crippen molar-refractivity contribution in [2.24, 2.45) is 0 Å². The molecule has 1 amide bonds. The summed E-state index contributed by atoms with van der Waals surface area (Å²) in [6, 6.07) is 8.08. The lowest BCUT2D eigenvalue weighted by atomic mass is 9.77. The van der Waals surface area contributed by atoms with Crippen LogP contribution in [0.5, 0.6) is 5.75 Å². The summed E-state index contributed by atoms with van der Waals surface area (Å²) in [6.45, 7) is 0.787. The van der Waals surface area contributed by atoms with Gasteiger partial charge in [0.15, 0.2) is 0 Å². The highest BCUT2D eigenvalue weighted by Crippen LogP contribution is 2.45. The van der Waals surface area contributed by atoms with Crippen LogP contribution in [0.1, 0.15) is 55.8 Å². The van der Waals surface area contributed by atoms with Crippen LogP contribution in [0.2, 0.25) is 0 Å². The van der Waals surface area contributed by atoms with E-state index in [9.17, 15) is 4.79 Å². The highest BCUT2D eigenvalue weighted by molar-refractivity contribution is 5.89. The molecule has 1 aliphatic carbocycles. The average Bonchev–Trinajstić information content (AvgIpc) is 3.44. The summed E-state index contributed by atoms with van der Waals surface area (Å²) >= 11 is 0. The minimum absolute atomic E-state index is 0.00521. The molecule has 0 spiro atoms. The van der Waals surface area contributed by atoms with Gasteiger partial charge in [0.1, 0.15) is 11.6 Å². The van der Waals surface area contributed by atoms with Gasteiger partial charge in [-0.1, -0.05) is 25.0 Å². The van der Waals surface area contributed by atoms with Gasteiger partial charge in [-0.2, -0.15) is 0 Å². The predicted molar refractivity (Wildman–Crippen MR) is 113 cm³/mol. The van der Waals surface area contributed by atoms with Gasteiger partial charge in [0.05, 0.1) is 36.7 Å². The minimum atomic E-state index is -0.429. The lowest BCUT2D eigenvalue weighted by Crippen LogP contribution is -2.45. The molecule has 1 saturated heterocycles. The summed E-state index contributed by atoms with van der Waals surface area (Å²) in [5.74, 6) is 1.90. The monoisotopic (exact) mass is 394 g/mol. The minimum Gasteiger partial charge on any atom is -0.497 e. The Hall–Kier alpha value is -2.63. The van der Waals surface area contributed by atoms with E-state index in [1.807, 2.05) is 37.3 Å². The topological polar surface area (TPSA) is 58.6 Å². The fourth-order valence-corrected chi connectivity index (χ4v) is 4.85. The molecular weight excluding hydrogens is 364 g/mol. The number of benzene rings is 1. The maximum absolute atomic E-state index is 14.0.